The highest BCUT2D eigenvalue weighted by Gasteiger charge is 2.27. The zero-order valence-electron chi connectivity index (χ0n) is 7.77. The van der Waals surface area contributed by atoms with Crippen LogP contribution in [0.2, 0.25) is 0 Å². The summed E-state index contributed by atoms with van der Waals surface area (Å²) in [6.45, 7) is 2.55. The summed E-state index contributed by atoms with van der Waals surface area (Å²) < 4.78 is 9.60. The minimum atomic E-state index is -0.241. The van der Waals surface area contributed by atoms with Crippen molar-refractivity contribution in [2.45, 2.75) is 0 Å². The van der Waals surface area contributed by atoms with Crippen LogP contribution in [0.4, 0.5) is 0 Å². The first-order valence-corrected chi connectivity index (χ1v) is 4.57. The number of hydrazine groups is 1. The van der Waals surface area contributed by atoms with Crippen LogP contribution in [0.25, 0.3) is 0 Å². The van der Waals surface area contributed by atoms with Crippen molar-refractivity contribution in [3.63, 3.8) is 0 Å². The number of nitrogens with zero attached hydrogens (tertiary/aromatic N) is 2. The molecule has 6 heteroatoms. The first-order chi connectivity index (χ1) is 6.75. The van der Waals surface area contributed by atoms with Crippen molar-refractivity contribution in [3.8, 4) is 0 Å². The standard InChI is InChI=1S/C8H12N2O4/c11-7-5-9(1-3-13-7)10-2-4-14-8(12)6-10/h1-6H2. The molecule has 0 N–H and O–H groups in total. The summed E-state index contributed by atoms with van der Waals surface area (Å²) in [5, 5.41) is 3.68. The van der Waals surface area contributed by atoms with Gasteiger partial charge in [-0.05, 0) is 0 Å². The highest BCUT2D eigenvalue weighted by Crippen LogP contribution is 2.07. The number of rotatable bonds is 1. The number of cyclic esters (lactones) is 2. The van der Waals surface area contributed by atoms with Gasteiger partial charge in [-0.25, -0.2) is 10.0 Å². The van der Waals surface area contributed by atoms with E-state index in [4.69, 9.17) is 9.47 Å². The lowest BCUT2D eigenvalue weighted by atomic mass is 10.4. The molecule has 0 radical (unpaired) electrons. The summed E-state index contributed by atoms with van der Waals surface area (Å²) in [6.07, 6.45) is 0. The Bertz CT molecular complexity index is 230. The smallest absolute Gasteiger partial charge is 0.321 e. The van der Waals surface area contributed by atoms with Crippen molar-refractivity contribution >= 4 is 11.9 Å². The molecule has 0 aromatic carbocycles. The van der Waals surface area contributed by atoms with Crippen molar-refractivity contribution in [2.75, 3.05) is 39.4 Å². The number of morpholine rings is 2. The minimum Gasteiger partial charge on any atom is -0.463 e. The van der Waals surface area contributed by atoms with Gasteiger partial charge in [-0.3, -0.25) is 9.59 Å². The van der Waals surface area contributed by atoms with E-state index < -0.39 is 0 Å². The van der Waals surface area contributed by atoms with Gasteiger partial charge in [0.05, 0.1) is 0 Å². The molecular weight excluding hydrogens is 188 g/mol. The Labute approximate surface area is 81.3 Å². The lowest BCUT2D eigenvalue weighted by Gasteiger charge is -2.37. The van der Waals surface area contributed by atoms with Crippen LogP contribution in [-0.2, 0) is 19.1 Å². The van der Waals surface area contributed by atoms with Crippen LogP contribution in [0.1, 0.15) is 0 Å². The van der Waals surface area contributed by atoms with Gasteiger partial charge in [0.25, 0.3) is 0 Å². The van der Waals surface area contributed by atoms with Gasteiger partial charge in [-0.1, -0.05) is 0 Å². The van der Waals surface area contributed by atoms with E-state index >= 15 is 0 Å². The highest BCUT2D eigenvalue weighted by molar-refractivity contribution is 5.73. The fourth-order valence-corrected chi connectivity index (χ4v) is 1.56. The summed E-state index contributed by atoms with van der Waals surface area (Å²) in [5.41, 5.74) is 0. The third-order valence-corrected chi connectivity index (χ3v) is 2.25. The number of hydrogen-bond acceptors (Lipinski definition) is 6. The molecule has 78 valence electrons. The Kier molecular flexibility index (Phi) is 2.64. The maximum Gasteiger partial charge on any atom is 0.321 e. The summed E-state index contributed by atoms with van der Waals surface area (Å²) in [7, 11) is 0. The van der Waals surface area contributed by atoms with Crippen LogP contribution in [0, 0.1) is 0 Å². The van der Waals surface area contributed by atoms with Crippen LogP contribution < -0.4 is 0 Å². The van der Waals surface area contributed by atoms with Gasteiger partial charge < -0.3 is 9.47 Å². The average Bonchev–Trinajstić information content (AvgIpc) is 2.18. The third-order valence-electron chi connectivity index (χ3n) is 2.25. The topological polar surface area (TPSA) is 59.1 Å². The fraction of sp³-hybridized carbons (Fsp3) is 0.750. The zero-order valence-corrected chi connectivity index (χ0v) is 7.77. The molecule has 0 atom stereocenters. The molecule has 0 aromatic heterocycles. The SMILES string of the molecule is O=C1CN(N2CCOC(=O)C2)CCO1. The van der Waals surface area contributed by atoms with Crippen molar-refractivity contribution < 1.29 is 19.1 Å². The van der Waals surface area contributed by atoms with E-state index in [1.54, 1.807) is 0 Å². The van der Waals surface area contributed by atoms with Gasteiger partial charge in [0.2, 0.25) is 0 Å². The second-order valence-corrected chi connectivity index (χ2v) is 3.22. The normalized spacial score (nSPS) is 25.7. The first-order valence-electron chi connectivity index (χ1n) is 4.57. The number of ether oxygens (including phenoxy) is 2. The first kappa shape index (κ1) is 9.42. The van der Waals surface area contributed by atoms with Crippen LogP contribution in [0.5, 0.6) is 0 Å². The Morgan fingerprint density at radius 2 is 1.29 bits per heavy atom. The van der Waals surface area contributed by atoms with Gasteiger partial charge in [0.15, 0.2) is 0 Å². The molecule has 2 rings (SSSR count). The molecule has 14 heavy (non-hydrogen) atoms. The average molecular weight is 200 g/mol. The van der Waals surface area contributed by atoms with E-state index in [1.807, 2.05) is 10.0 Å². The van der Waals surface area contributed by atoms with Crippen molar-refractivity contribution in [3.05, 3.63) is 0 Å². The molecule has 0 aromatic rings. The Hall–Kier alpha value is -1.14. The van der Waals surface area contributed by atoms with Crippen LogP contribution >= 0.6 is 0 Å². The lowest BCUT2D eigenvalue weighted by molar-refractivity contribution is -0.178. The van der Waals surface area contributed by atoms with E-state index in [-0.39, 0.29) is 25.0 Å². The maximum absolute atomic E-state index is 11.0. The van der Waals surface area contributed by atoms with Crippen molar-refractivity contribution in [1.29, 1.82) is 0 Å². The number of carbonyl (C=O) groups is 2. The Balaban J connectivity index is 1.92. The molecule has 2 heterocycles. The monoisotopic (exact) mass is 200 g/mol. The number of carbonyl (C=O) groups excluding carboxylic acids is 2. The number of esters is 2. The molecule has 2 aliphatic heterocycles. The molecule has 0 amide bonds. The van der Waals surface area contributed by atoms with Gasteiger partial charge in [-0.15, -0.1) is 0 Å². The predicted octanol–water partition coefficient (Wildman–Crippen LogP) is -1.38. The molecule has 0 spiro atoms. The maximum atomic E-state index is 11.0. The van der Waals surface area contributed by atoms with Crippen LogP contribution in [0.3, 0.4) is 0 Å². The molecule has 2 fully saturated rings. The Morgan fingerprint density at radius 3 is 1.64 bits per heavy atom. The van der Waals surface area contributed by atoms with Crippen molar-refractivity contribution in [2.24, 2.45) is 0 Å². The van der Waals surface area contributed by atoms with Gasteiger partial charge in [0.1, 0.15) is 26.3 Å². The molecule has 2 saturated heterocycles. The zero-order chi connectivity index (χ0) is 9.97. The Morgan fingerprint density at radius 1 is 0.857 bits per heavy atom. The predicted molar refractivity (Wildman–Crippen MR) is 45.1 cm³/mol. The summed E-state index contributed by atoms with van der Waals surface area (Å²) in [6, 6.07) is 0. The number of hydrogen-bond donors (Lipinski definition) is 0. The van der Waals surface area contributed by atoms with Crippen molar-refractivity contribution in [1.82, 2.24) is 10.0 Å². The highest BCUT2D eigenvalue weighted by atomic mass is 16.5. The summed E-state index contributed by atoms with van der Waals surface area (Å²) in [5.74, 6) is -0.481. The van der Waals surface area contributed by atoms with Gasteiger partial charge >= 0.3 is 11.9 Å². The van der Waals surface area contributed by atoms with E-state index in [9.17, 15) is 9.59 Å². The summed E-state index contributed by atoms with van der Waals surface area (Å²) in [4.78, 5) is 22.0. The molecule has 0 bridgehead atoms. The van der Waals surface area contributed by atoms with Crippen LogP contribution in [0.15, 0.2) is 0 Å². The van der Waals surface area contributed by atoms with Crippen LogP contribution in [-0.4, -0.2) is 61.3 Å². The van der Waals surface area contributed by atoms with Gasteiger partial charge in [-0.2, -0.15) is 0 Å². The molecule has 0 saturated carbocycles. The van der Waals surface area contributed by atoms with E-state index in [0.29, 0.717) is 26.3 Å². The molecule has 6 nitrogen and oxygen atoms in total. The second-order valence-electron chi connectivity index (χ2n) is 3.22. The van der Waals surface area contributed by atoms with E-state index in [0.717, 1.165) is 0 Å². The molecule has 2 aliphatic rings. The fourth-order valence-electron chi connectivity index (χ4n) is 1.56. The van der Waals surface area contributed by atoms with Gasteiger partial charge in [0, 0.05) is 13.1 Å². The largest absolute Gasteiger partial charge is 0.463 e. The molecule has 0 aliphatic carbocycles. The molecule has 0 unspecified atom stereocenters. The molecular formula is C8H12N2O4. The lowest BCUT2D eigenvalue weighted by Crippen LogP contribution is -2.55. The summed E-state index contributed by atoms with van der Waals surface area (Å²) >= 11 is 0. The quantitative estimate of drug-likeness (QED) is 0.486. The third kappa shape index (κ3) is 2.02. The second kappa shape index (κ2) is 3.93. The van der Waals surface area contributed by atoms with E-state index in [2.05, 4.69) is 0 Å². The van der Waals surface area contributed by atoms with E-state index in [1.165, 1.54) is 0 Å². The minimum absolute atomic E-state index is 0.229.